The van der Waals surface area contributed by atoms with Crippen LogP contribution in [0.15, 0.2) is 0 Å². The number of carbonyl (C=O) groups is 8. The quantitative estimate of drug-likeness (QED) is 0.0661. The van der Waals surface area contributed by atoms with Crippen LogP contribution in [0.25, 0.3) is 0 Å². The molecule has 0 saturated heterocycles. The molecule has 54 heavy (non-hydrogen) atoms. The van der Waals surface area contributed by atoms with Gasteiger partial charge in [0.05, 0.1) is 12.2 Å². The number of rotatable bonds is 31. The monoisotopic (exact) mass is 770 g/mol. The van der Waals surface area contributed by atoms with Gasteiger partial charge in [-0.05, 0) is 136 Å². The van der Waals surface area contributed by atoms with Gasteiger partial charge >= 0.3 is 0 Å². The van der Waals surface area contributed by atoms with Crippen LogP contribution in [0, 0.1) is 59.2 Å². The van der Waals surface area contributed by atoms with Gasteiger partial charge in [0.25, 0.3) is 0 Å². The van der Waals surface area contributed by atoms with Crippen molar-refractivity contribution in [3.8, 4) is 0 Å². The van der Waals surface area contributed by atoms with Crippen molar-refractivity contribution >= 4 is 47.8 Å². The summed E-state index contributed by atoms with van der Waals surface area (Å²) in [5.41, 5.74) is 0. The van der Waals surface area contributed by atoms with Gasteiger partial charge in [0.2, 0.25) is 0 Å². The van der Waals surface area contributed by atoms with Crippen molar-refractivity contribution in [1.82, 2.24) is 0 Å². The lowest BCUT2D eigenvalue weighted by molar-refractivity contribution is -0.321. The second-order valence-corrected chi connectivity index (χ2v) is 14.1. The maximum absolute atomic E-state index is 12.2. The van der Waals surface area contributed by atoms with Gasteiger partial charge in [0, 0.05) is 47.8 Å². The highest BCUT2D eigenvalue weighted by Crippen LogP contribution is 2.37. The van der Waals surface area contributed by atoms with Crippen molar-refractivity contribution in [3.05, 3.63) is 0 Å². The number of hydrogen-bond acceptors (Lipinski definition) is 18. The fourth-order valence-corrected chi connectivity index (χ4v) is 7.02. The number of carboxylic acids is 8. The first kappa shape index (κ1) is 49.7. The molecule has 2 N–H and O–H groups in total. The average molecular weight is 771 g/mol. The van der Waals surface area contributed by atoms with Gasteiger partial charge in [-0.1, -0.05) is 27.7 Å². The van der Waals surface area contributed by atoms with Gasteiger partial charge in [0.1, 0.15) is 0 Å². The highest BCUT2D eigenvalue weighted by Gasteiger charge is 2.39. The Morgan fingerprint density at radius 1 is 0.315 bits per heavy atom. The Morgan fingerprint density at radius 2 is 0.463 bits per heavy atom. The lowest BCUT2D eigenvalue weighted by Crippen LogP contribution is -2.47. The fraction of sp³-hybridized carbons (Fsp3) is 0.778. The van der Waals surface area contributed by atoms with Gasteiger partial charge < -0.3 is 89.4 Å². The van der Waals surface area contributed by atoms with Crippen molar-refractivity contribution in [1.29, 1.82) is 0 Å². The molecule has 0 aliphatic carbocycles. The zero-order chi connectivity index (χ0) is 42.0. The summed E-state index contributed by atoms with van der Waals surface area (Å²) in [5.74, 6) is -29.8. The van der Waals surface area contributed by atoms with E-state index in [1.54, 1.807) is 0 Å². The molecule has 18 nitrogen and oxygen atoms in total. The van der Waals surface area contributed by atoms with E-state index in [0.717, 1.165) is 0 Å². The zero-order valence-corrected chi connectivity index (χ0v) is 30.8. The Hall–Kier alpha value is -4.32. The van der Waals surface area contributed by atoms with Crippen LogP contribution in [0.3, 0.4) is 0 Å². The summed E-state index contributed by atoms with van der Waals surface area (Å²) in [6, 6.07) is 0. The highest BCUT2D eigenvalue weighted by molar-refractivity contribution is 5.73. The Balaban J connectivity index is 7.36. The Kier molecular flexibility index (Phi) is 22.2. The molecule has 0 saturated carbocycles. The predicted octanol–water partition coefficient (Wildman–Crippen LogP) is -7.37. The molecule has 0 aliphatic heterocycles. The van der Waals surface area contributed by atoms with E-state index >= 15 is 0 Å². The molecule has 0 radical (unpaired) electrons. The summed E-state index contributed by atoms with van der Waals surface area (Å²) in [6.45, 7) is 5.61. The summed E-state index contributed by atoms with van der Waals surface area (Å²) in [6.07, 6.45) is -10.9. The first-order valence-corrected chi connectivity index (χ1v) is 18.1. The number of aliphatic hydroxyl groups excluding tert-OH is 2. The van der Waals surface area contributed by atoms with Gasteiger partial charge in [-0.3, -0.25) is 0 Å². The summed E-state index contributed by atoms with van der Waals surface area (Å²) >= 11 is 0. The first-order chi connectivity index (χ1) is 25.1. The largest absolute Gasteiger partial charge is 0.550 e. The number of aliphatic carboxylic acids is 8. The van der Waals surface area contributed by atoms with Crippen LogP contribution >= 0.6 is 0 Å². The summed E-state index contributed by atoms with van der Waals surface area (Å²) in [7, 11) is 0. The fourth-order valence-electron chi connectivity index (χ4n) is 7.02. The molecule has 0 rings (SSSR count). The molecule has 0 heterocycles. The van der Waals surface area contributed by atoms with E-state index in [1.165, 1.54) is 27.7 Å². The lowest BCUT2D eigenvalue weighted by Gasteiger charge is -2.39. The number of aliphatic hydroxyl groups is 2. The third-order valence-electron chi connectivity index (χ3n) is 10.6. The Bertz CT molecular complexity index is 1100. The van der Waals surface area contributed by atoms with E-state index in [0.29, 0.717) is 0 Å². The third kappa shape index (κ3) is 16.4. The molecule has 0 amide bonds. The van der Waals surface area contributed by atoms with Crippen LogP contribution in [0.4, 0.5) is 0 Å². The predicted molar refractivity (Wildman–Crippen MR) is 165 cm³/mol. The van der Waals surface area contributed by atoms with Gasteiger partial charge in [-0.2, -0.15) is 0 Å². The standard InChI is InChI=1S/C36H58O18/c1-5-17(29(39)40)9-23(33(47)48)13-21(14-24(34(49)50)10-18(6-2)30(41)42)27(37)28(38)22(15-25(35(51)52)11-19(7-3)31(43)44)16-26(36(53)54)12-20(8-4)32(45)46/h17-28,37-38H,5-16H2,1-4H3,(H,39,40)(H,41,42)(H,43,44)(H,45,46)(H,47,48)(H,49,50)(H,51,52)(H,53,54)/p-8. The van der Waals surface area contributed by atoms with E-state index in [9.17, 15) is 89.4 Å². The van der Waals surface area contributed by atoms with E-state index in [4.69, 9.17) is 0 Å². The lowest BCUT2D eigenvalue weighted by atomic mass is 9.72. The molecule has 18 heteroatoms. The van der Waals surface area contributed by atoms with Gasteiger partial charge in [0.15, 0.2) is 0 Å². The highest BCUT2D eigenvalue weighted by atomic mass is 16.4. The molecule has 0 aliphatic rings. The number of hydrogen-bond donors (Lipinski definition) is 2. The van der Waals surface area contributed by atoms with Crippen molar-refractivity contribution in [2.75, 3.05) is 0 Å². The smallest absolute Gasteiger partial charge is 0.0830 e. The summed E-state index contributed by atoms with van der Waals surface area (Å²) < 4.78 is 0. The second kappa shape index (κ2) is 24.2. The van der Waals surface area contributed by atoms with Crippen LogP contribution in [0.1, 0.15) is 105 Å². The maximum atomic E-state index is 12.2. The number of carbonyl (C=O) groups excluding carboxylic acids is 8. The van der Waals surface area contributed by atoms with Gasteiger partial charge in [-0.25, -0.2) is 0 Å². The van der Waals surface area contributed by atoms with E-state index < -0.39 is 171 Å². The molecule has 0 aromatic heterocycles. The van der Waals surface area contributed by atoms with E-state index in [-0.39, 0.29) is 25.7 Å². The topological polar surface area (TPSA) is 362 Å². The van der Waals surface area contributed by atoms with Crippen LogP contribution < -0.4 is 40.9 Å². The molecule has 0 spiro atoms. The van der Waals surface area contributed by atoms with Crippen molar-refractivity contribution in [2.24, 2.45) is 59.2 Å². The second-order valence-electron chi connectivity index (χ2n) is 14.1. The van der Waals surface area contributed by atoms with E-state index in [1.807, 2.05) is 0 Å². The molecular weight excluding hydrogens is 720 g/mol. The minimum atomic E-state index is -2.28. The molecule has 0 fully saturated rings. The Labute approximate surface area is 313 Å². The van der Waals surface area contributed by atoms with Crippen LogP contribution in [0.2, 0.25) is 0 Å². The van der Waals surface area contributed by atoms with Crippen LogP contribution in [0.5, 0.6) is 0 Å². The minimum Gasteiger partial charge on any atom is -0.550 e. The molecule has 0 aromatic carbocycles. The SMILES string of the molecule is CCC(CC(CC(CC(CC(CC)C(=O)[O-])C(=O)[O-])C(O)C(O)C(CC(CC(CC)C(=O)[O-])C(=O)[O-])CC(CC(CC)C(=O)[O-])C(=O)[O-])C(=O)[O-])C(=O)[O-]. The van der Waals surface area contributed by atoms with E-state index in [2.05, 4.69) is 0 Å². The maximum Gasteiger partial charge on any atom is 0.0830 e. The summed E-state index contributed by atoms with van der Waals surface area (Å²) in [4.78, 5) is 95.5. The third-order valence-corrected chi connectivity index (χ3v) is 10.6. The molecule has 310 valence electrons. The Morgan fingerprint density at radius 3 is 0.574 bits per heavy atom. The zero-order valence-electron chi connectivity index (χ0n) is 30.8. The molecular formula is C36H50O18-8. The molecule has 0 aromatic rings. The number of carboxylic acid groups (broad SMARTS) is 8. The first-order valence-electron chi connectivity index (χ1n) is 18.1. The summed E-state index contributed by atoms with van der Waals surface area (Å²) in [5, 5.41) is 119. The molecule has 10 atom stereocenters. The minimum absolute atomic E-state index is 0.125. The van der Waals surface area contributed by atoms with Crippen molar-refractivity contribution in [3.63, 3.8) is 0 Å². The van der Waals surface area contributed by atoms with Crippen molar-refractivity contribution < 1.29 is 89.4 Å². The average Bonchev–Trinajstić information content (AvgIpc) is 3.08. The van der Waals surface area contributed by atoms with Crippen molar-refractivity contribution in [2.45, 2.75) is 117 Å². The molecule has 0 bridgehead atoms. The molecule has 10 unspecified atom stereocenters. The van der Waals surface area contributed by atoms with Crippen LogP contribution in [-0.2, 0) is 38.4 Å². The van der Waals surface area contributed by atoms with Gasteiger partial charge in [-0.15, -0.1) is 0 Å². The normalized spacial score (nSPS) is 18.3. The van der Waals surface area contributed by atoms with Crippen LogP contribution in [-0.4, -0.2) is 70.2 Å².